The first kappa shape index (κ1) is 17.1. The summed E-state index contributed by atoms with van der Waals surface area (Å²) in [5.41, 5.74) is 9.85. The van der Waals surface area contributed by atoms with Crippen LogP contribution in [-0.4, -0.2) is 7.05 Å². The quantitative estimate of drug-likeness (QED) is 0.417. The summed E-state index contributed by atoms with van der Waals surface area (Å²) in [4.78, 5) is 0. The van der Waals surface area contributed by atoms with E-state index in [1.165, 1.54) is 38.9 Å². The predicted octanol–water partition coefficient (Wildman–Crippen LogP) is 7.04. The van der Waals surface area contributed by atoms with Crippen LogP contribution in [0.4, 0.5) is 5.69 Å². The van der Waals surface area contributed by atoms with Crippen molar-refractivity contribution in [1.82, 2.24) is 0 Å². The van der Waals surface area contributed by atoms with Crippen molar-refractivity contribution in [2.45, 2.75) is 6.92 Å². The largest absolute Gasteiger partial charge is 0.388 e. The normalized spacial score (nSPS) is 10.6. The Hall–Kier alpha value is -3.32. The highest BCUT2D eigenvalue weighted by atomic mass is 14.8. The second-order valence-electron chi connectivity index (χ2n) is 6.77. The van der Waals surface area contributed by atoms with Gasteiger partial charge in [-0.3, -0.25) is 0 Å². The number of hydrogen-bond donors (Lipinski definition) is 1. The van der Waals surface area contributed by atoms with Crippen molar-refractivity contribution in [3.05, 3.63) is 103 Å². The average molecular weight is 349 g/mol. The van der Waals surface area contributed by atoms with Crippen molar-refractivity contribution in [3.63, 3.8) is 0 Å². The third kappa shape index (κ3) is 3.50. The molecular weight excluding hydrogens is 326 g/mol. The van der Waals surface area contributed by atoms with Crippen molar-refractivity contribution < 1.29 is 0 Å². The van der Waals surface area contributed by atoms with Crippen LogP contribution >= 0.6 is 0 Å². The van der Waals surface area contributed by atoms with Gasteiger partial charge in [-0.15, -0.1) is 0 Å². The Balaban J connectivity index is 1.87. The van der Waals surface area contributed by atoms with E-state index in [1.807, 2.05) is 7.05 Å². The highest BCUT2D eigenvalue weighted by Crippen LogP contribution is 2.36. The zero-order valence-corrected chi connectivity index (χ0v) is 15.7. The maximum absolute atomic E-state index is 3.36. The fourth-order valence-corrected chi connectivity index (χ4v) is 3.52. The minimum Gasteiger partial charge on any atom is -0.388 e. The summed E-state index contributed by atoms with van der Waals surface area (Å²) in [6.45, 7) is 2.18. The number of benzene rings is 4. The van der Waals surface area contributed by atoms with Crippen molar-refractivity contribution in [2.75, 3.05) is 12.4 Å². The van der Waals surface area contributed by atoms with Crippen molar-refractivity contribution in [3.8, 4) is 33.4 Å². The molecule has 1 N–H and O–H groups in total. The van der Waals surface area contributed by atoms with Crippen LogP contribution < -0.4 is 5.32 Å². The van der Waals surface area contributed by atoms with E-state index >= 15 is 0 Å². The summed E-state index contributed by atoms with van der Waals surface area (Å²) in [6, 6.07) is 34.5. The van der Waals surface area contributed by atoms with Gasteiger partial charge in [0.15, 0.2) is 0 Å². The van der Waals surface area contributed by atoms with Gasteiger partial charge < -0.3 is 5.32 Å². The topological polar surface area (TPSA) is 12.0 Å². The Morgan fingerprint density at radius 2 is 1.04 bits per heavy atom. The lowest BCUT2D eigenvalue weighted by molar-refractivity contribution is 1.43. The molecule has 0 radical (unpaired) electrons. The van der Waals surface area contributed by atoms with Gasteiger partial charge in [0.05, 0.1) is 0 Å². The fourth-order valence-electron chi connectivity index (χ4n) is 3.52. The molecule has 0 saturated carbocycles. The summed E-state index contributed by atoms with van der Waals surface area (Å²) in [5, 5.41) is 3.36. The molecule has 0 spiro atoms. The molecule has 0 amide bonds. The lowest BCUT2D eigenvalue weighted by Gasteiger charge is -2.15. The Morgan fingerprint density at radius 3 is 1.59 bits per heavy atom. The first-order valence-electron chi connectivity index (χ1n) is 9.30. The summed E-state index contributed by atoms with van der Waals surface area (Å²) in [7, 11) is 1.98. The van der Waals surface area contributed by atoms with Gasteiger partial charge in [-0.05, 0) is 58.5 Å². The molecule has 0 heterocycles. The van der Waals surface area contributed by atoms with Gasteiger partial charge in [-0.25, -0.2) is 0 Å². The predicted molar refractivity (Wildman–Crippen MR) is 117 cm³/mol. The molecule has 0 fully saturated rings. The van der Waals surface area contributed by atoms with Crippen LogP contribution in [0, 0.1) is 6.92 Å². The van der Waals surface area contributed by atoms with E-state index in [0.29, 0.717) is 0 Å². The zero-order valence-electron chi connectivity index (χ0n) is 15.7. The van der Waals surface area contributed by atoms with Crippen LogP contribution in [0.3, 0.4) is 0 Å². The minimum absolute atomic E-state index is 1.14. The first-order chi connectivity index (χ1) is 13.3. The molecule has 0 atom stereocenters. The molecule has 0 aliphatic heterocycles. The fraction of sp³-hybridized carbons (Fsp3) is 0.0769. The van der Waals surface area contributed by atoms with Gasteiger partial charge in [0.25, 0.3) is 0 Å². The molecule has 132 valence electrons. The number of hydrogen-bond acceptors (Lipinski definition) is 1. The molecule has 0 aliphatic carbocycles. The Kier molecular flexibility index (Phi) is 4.76. The summed E-state index contributed by atoms with van der Waals surface area (Å²) in [5.74, 6) is 0. The molecule has 1 nitrogen and oxygen atoms in total. The average Bonchev–Trinajstić information content (AvgIpc) is 2.75. The number of nitrogens with one attached hydrogen (secondary N) is 1. The highest BCUT2D eigenvalue weighted by molar-refractivity contribution is 5.86. The SMILES string of the molecule is CNc1ccc(-c2ccccc2)cc1-c1cc(-c2ccccc2)ccc1C. The lowest BCUT2D eigenvalue weighted by atomic mass is 9.92. The van der Waals surface area contributed by atoms with Crippen molar-refractivity contribution in [2.24, 2.45) is 0 Å². The Bertz CT molecular complexity index is 1050. The van der Waals surface area contributed by atoms with E-state index in [4.69, 9.17) is 0 Å². The summed E-state index contributed by atoms with van der Waals surface area (Å²) in [6.07, 6.45) is 0. The van der Waals surface area contributed by atoms with E-state index in [9.17, 15) is 0 Å². The molecule has 0 aromatic heterocycles. The smallest absolute Gasteiger partial charge is 0.0417 e. The van der Waals surface area contributed by atoms with E-state index < -0.39 is 0 Å². The third-order valence-corrected chi connectivity index (χ3v) is 5.03. The molecule has 27 heavy (non-hydrogen) atoms. The summed E-state index contributed by atoms with van der Waals surface area (Å²) < 4.78 is 0. The first-order valence-corrected chi connectivity index (χ1v) is 9.30. The molecule has 1 heteroatoms. The second-order valence-corrected chi connectivity index (χ2v) is 6.77. The minimum atomic E-state index is 1.14. The van der Waals surface area contributed by atoms with Gasteiger partial charge in [-0.2, -0.15) is 0 Å². The molecule has 0 unspecified atom stereocenters. The molecular formula is C26H23N. The van der Waals surface area contributed by atoms with Gasteiger partial charge in [-0.1, -0.05) is 78.9 Å². The highest BCUT2D eigenvalue weighted by Gasteiger charge is 2.11. The van der Waals surface area contributed by atoms with Crippen LogP contribution in [-0.2, 0) is 0 Å². The second kappa shape index (κ2) is 7.51. The molecule has 0 saturated heterocycles. The third-order valence-electron chi connectivity index (χ3n) is 5.03. The van der Waals surface area contributed by atoms with Gasteiger partial charge in [0.2, 0.25) is 0 Å². The standard InChI is InChI=1S/C26H23N/c1-19-13-14-22(20-9-5-3-6-10-20)17-24(19)25-18-23(15-16-26(25)27-2)21-11-7-4-8-12-21/h3-18,27H,1-2H3. The molecule has 4 rings (SSSR count). The van der Waals surface area contributed by atoms with Crippen LogP contribution in [0.1, 0.15) is 5.56 Å². The van der Waals surface area contributed by atoms with Crippen LogP contribution in [0.5, 0.6) is 0 Å². The van der Waals surface area contributed by atoms with Crippen LogP contribution in [0.15, 0.2) is 97.1 Å². The van der Waals surface area contributed by atoms with E-state index in [0.717, 1.165) is 5.69 Å². The lowest BCUT2D eigenvalue weighted by Crippen LogP contribution is -1.95. The zero-order chi connectivity index (χ0) is 18.6. The number of aryl methyl sites for hydroxylation is 1. The monoisotopic (exact) mass is 349 g/mol. The van der Waals surface area contributed by atoms with Crippen LogP contribution in [0.2, 0.25) is 0 Å². The molecule has 0 aliphatic rings. The maximum atomic E-state index is 3.36. The van der Waals surface area contributed by atoms with Crippen molar-refractivity contribution in [1.29, 1.82) is 0 Å². The Labute approximate surface area is 161 Å². The molecule has 4 aromatic rings. The Morgan fingerprint density at radius 1 is 0.519 bits per heavy atom. The molecule has 4 aromatic carbocycles. The van der Waals surface area contributed by atoms with Crippen molar-refractivity contribution >= 4 is 5.69 Å². The van der Waals surface area contributed by atoms with E-state index in [1.54, 1.807) is 0 Å². The number of anilines is 1. The van der Waals surface area contributed by atoms with Crippen LogP contribution in [0.25, 0.3) is 33.4 Å². The van der Waals surface area contributed by atoms with E-state index in [2.05, 4.69) is 109 Å². The maximum Gasteiger partial charge on any atom is 0.0417 e. The summed E-state index contributed by atoms with van der Waals surface area (Å²) >= 11 is 0. The van der Waals surface area contributed by atoms with Gasteiger partial charge in [0, 0.05) is 18.3 Å². The van der Waals surface area contributed by atoms with Gasteiger partial charge in [0.1, 0.15) is 0 Å². The van der Waals surface area contributed by atoms with E-state index in [-0.39, 0.29) is 0 Å². The van der Waals surface area contributed by atoms with Gasteiger partial charge >= 0.3 is 0 Å². The number of rotatable bonds is 4. The molecule has 0 bridgehead atoms.